The molecule has 24 heavy (non-hydrogen) atoms. The third-order valence-corrected chi connectivity index (χ3v) is 4.21. The molecule has 1 N–H and O–H groups in total. The minimum absolute atomic E-state index is 0.592. The fourth-order valence-electron chi connectivity index (χ4n) is 2.24. The van der Waals surface area contributed by atoms with Gasteiger partial charge in [0.2, 0.25) is 11.0 Å². The molecule has 0 unspecified atom stereocenters. The number of H-pyrrole nitrogens is 1. The summed E-state index contributed by atoms with van der Waals surface area (Å²) in [5.41, 5.74) is 2.79. The van der Waals surface area contributed by atoms with Crippen LogP contribution in [0.5, 0.6) is 0 Å². The van der Waals surface area contributed by atoms with Crippen molar-refractivity contribution in [3.63, 3.8) is 0 Å². The number of hydrogen-bond acceptors (Lipinski definition) is 5. The van der Waals surface area contributed by atoms with E-state index in [1.807, 2.05) is 66.7 Å². The maximum absolute atomic E-state index is 5.69. The molecule has 5 nitrogen and oxygen atoms in total. The summed E-state index contributed by atoms with van der Waals surface area (Å²) in [4.78, 5) is 8.88. The van der Waals surface area contributed by atoms with Gasteiger partial charge in [0.15, 0.2) is 5.58 Å². The molecule has 0 radical (unpaired) electrons. The Hall–Kier alpha value is -2.86. The van der Waals surface area contributed by atoms with E-state index in [1.165, 1.54) is 11.8 Å². The molecule has 0 aliphatic carbocycles. The fraction of sp³-hybridized carbons (Fsp3) is 0.0556. The van der Waals surface area contributed by atoms with Gasteiger partial charge >= 0.3 is 0 Å². The molecule has 2 aromatic heterocycles. The zero-order valence-corrected chi connectivity index (χ0v) is 13.5. The van der Waals surface area contributed by atoms with E-state index in [9.17, 15) is 0 Å². The molecule has 0 spiro atoms. The van der Waals surface area contributed by atoms with Crippen LogP contribution in [0.2, 0.25) is 0 Å². The van der Waals surface area contributed by atoms with Gasteiger partial charge in [-0.2, -0.15) is 0 Å². The molecule has 2 aromatic carbocycles. The minimum Gasteiger partial charge on any atom is -0.440 e. The number of oxazole rings is 1. The second-order valence-electron chi connectivity index (χ2n) is 5.11. The average Bonchev–Trinajstić information content (AvgIpc) is 3.25. The first kappa shape index (κ1) is 14.7. The summed E-state index contributed by atoms with van der Waals surface area (Å²) in [5, 5.41) is 7.79. The van der Waals surface area contributed by atoms with Crippen LogP contribution in [0.3, 0.4) is 0 Å². The van der Waals surface area contributed by atoms with Crippen molar-refractivity contribution in [3.8, 4) is 0 Å². The van der Waals surface area contributed by atoms with Crippen molar-refractivity contribution in [3.05, 3.63) is 71.9 Å². The molecule has 0 bridgehead atoms. The fourth-order valence-corrected chi connectivity index (χ4v) is 2.89. The highest BCUT2D eigenvalue weighted by Crippen LogP contribution is 2.22. The molecule has 0 atom stereocenters. The van der Waals surface area contributed by atoms with Crippen molar-refractivity contribution >= 4 is 35.0 Å². The molecular formula is C18H14N4OS. The van der Waals surface area contributed by atoms with Gasteiger partial charge in [-0.25, -0.2) is 9.97 Å². The second-order valence-corrected chi connectivity index (χ2v) is 6.05. The van der Waals surface area contributed by atoms with E-state index < -0.39 is 0 Å². The van der Waals surface area contributed by atoms with Gasteiger partial charge in [0.25, 0.3) is 0 Å². The summed E-state index contributed by atoms with van der Waals surface area (Å²) in [6.07, 6.45) is 3.90. The number of nitrogens with zero attached hydrogens (tertiary/aromatic N) is 3. The van der Waals surface area contributed by atoms with Gasteiger partial charge in [-0.05, 0) is 23.8 Å². The van der Waals surface area contributed by atoms with Gasteiger partial charge in [-0.15, -0.1) is 5.10 Å². The van der Waals surface area contributed by atoms with E-state index >= 15 is 0 Å². The van der Waals surface area contributed by atoms with Crippen molar-refractivity contribution < 1.29 is 4.42 Å². The third-order valence-electron chi connectivity index (χ3n) is 3.38. The maximum atomic E-state index is 5.69. The molecule has 4 rings (SSSR count). The van der Waals surface area contributed by atoms with Gasteiger partial charge in [0.05, 0.1) is 5.75 Å². The van der Waals surface area contributed by atoms with Crippen LogP contribution < -0.4 is 0 Å². The van der Waals surface area contributed by atoms with Crippen molar-refractivity contribution in [1.82, 2.24) is 20.2 Å². The van der Waals surface area contributed by atoms with Crippen LogP contribution in [0.25, 0.3) is 23.3 Å². The van der Waals surface area contributed by atoms with E-state index in [0.29, 0.717) is 16.8 Å². The number of nitrogens with one attached hydrogen (secondary N) is 1. The first-order chi connectivity index (χ1) is 11.9. The number of aromatic amines is 1. The number of benzene rings is 2. The average molecular weight is 334 g/mol. The second kappa shape index (κ2) is 6.72. The molecule has 0 saturated carbocycles. The smallest absolute Gasteiger partial charge is 0.209 e. The molecule has 0 aliphatic rings. The summed E-state index contributed by atoms with van der Waals surface area (Å²) < 4.78 is 5.69. The standard InChI is InChI=1S/C18H14N4OS/c1-2-6-13(7-3-1)10-11-16-20-18(22-21-16)24-12-17-19-14-8-4-5-9-15(14)23-17/h1-11H,12H2,(H,20,21,22)/b11-10+. The van der Waals surface area contributed by atoms with Gasteiger partial charge in [0, 0.05) is 0 Å². The van der Waals surface area contributed by atoms with E-state index in [1.54, 1.807) is 0 Å². The van der Waals surface area contributed by atoms with Crippen LogP contribution in [0, 0.1) is 0 Å². The summed E-state index contributed by atoms with van der Waals surface area (Å²) in [5.74, 6) is 1.99. The highest BCUT2D eigenvalue weighted by molar-refractivity contribution is 7.98. The number of para-hydroxylation sites is 2. The molecule has 0 amide bonds. The molecule has 4 aromatic rings. The zero-order chi connectivity index (χ0) is 16.2. The molecule has 0 aliphatic heterocycles. The van der Waals surface area contributed by atoms with E-state index in [-0.39, 0.29) is 0 Å². The molecular weight excluding hydrogens is 320 g/mol. The predicted octanol–water partition coefficient (Wildman–Crippen LogP) is 4.41. The Morgan fingerprint density at radius 3 is 2.67 bits per heavy atom. The highest BCUT2D eigenvalue weighted by Gasteiger charge is 2.08. The van der Waals surface area contributed by atoms with Crippen LogP contribution in [0.1, 0.15) is 17.3 Å². The monoisotopic (exact) mass is 334 g/mol. The Bertz CT molecular complexity index is 942. The predicted molar refractivity (Wildman–Crippen MR) is 95.3 cm³/mol. The molecule has 6 heteroatoms. The lowest BCUT2D eigenvalue weighted by Gasteiger charge is -1.90. The summed E-state index contributed by atoms with van der Waals surface area (Å²) >= 11 is 1.49. The van der Waals surface area contributed by atoms with E-state index in [2.05, 4.69) is 20.2 Å². The molecule has 118 valence electrons. The Kier molecular flexibility index (Phi) is 4.12. The first-order valence-corrected chi connectivity index (χ1v) is 8.48. The Labute approximate surface area is 142 Å². The maximum Gasteiger partial charge on any atom is 0.209 e. The topological polar surface area (TPSA) is 67.6 Å². The van der Waals surface area contributed by atoms with Crippen molar-refractivity contribution in [1.29, 1.82) is 0 Å². The molecule has 0 saturated heterocycles. The SMILES string of the molecule is C(=C\c1nc(SCc2nc3ccccc3o2)n[nH]1)/c1ccccc1. The lowest BCUT2D eigenvalue weighted by Crippen LogP contribution is -1.81. The highest BCUT2D eigenvalue weighted by atomic mass is 32.2. The van der Waals surface area contributed by atoms with Crippen molar-refractivity contribution in [2.24, 2.45) is 0 Å². The zero-order valence-electron chi connectivity index (χ0n) is 12.7. The van der Waals surface area contributed by atoms with E-state index in [0.717, 1.165) is 22.5 Å². The lowest BCUT2D eigenvalue weighted by atomic mass is 10.2. The third kappa shape index (κ3) is 3.38. The number of thioether (sulfide) groups is 1. The van der Waals surface area contributed by atoms with Crippen LogP contribution >= 0.6 is 11.8 Å². The quantitative estimate of drug-likeness (QED) is 0.548. The van der Waals surface area contributed by atoms with E-state index in [4.69, 9.17) is 4.42 Å². The minimum atomic E-state index is 0.592. The molecule has 0 fully saturated rings. The number of aromatic nitrogens is 4. The van der Waals surface area contributed by atoms with Crippen LogP contribution in [-0.2, 0) is 5.75 Å². The van der Waals surface area contributed by atoms with Gasteiger partial charge in [-0.1, -0.05) is 60.3 Å². The summed E-state index contributed by atoms with van der Waals surface area (Å²) in [6, 6.07) is 17.8. The Balaban J connectivity index is 1.41. The summed E-state index contributed by atoms with van der Waals surface area (Å²) in [7, 11) is 0. The number of fused-ring (bicyclic) bond motifs is 1. The van der Waals surface area contributed by atoms with Crippen molar-refractivity contribution in [2.75, 3.05) is 0 Å². The van der Waals surface area contributed by atoms with Crippen LogP contribution in [0.4, 0.5) is 0 Å². The largest absolute Gasteiger partial charge is 0.440 e. The number of hydrogen-bond donors (Lipinski definition) is 1. The summed E-state index contributed by atoms with van der Waals surface area (Å²) in [6.45, 7) is 0. The van der Waals surface area contributed by atoms with Gasteiger partial charge < -0.3 is 4.42 Å². The van der Waals surface area contributed by atoms with Crippen LogP contribution in [-0.4, -0.2) is 20.2 Å². The van der Waals surface area contributed by atoms with Crippen molar-refractivity contribution in [2.45, 2.75) is 10.9 Å². The first-order valence-electron chi connectivity index (χ1n) is 7.49. The van der Waals surface area contributed by atoms with Gasteiger partial charge in [-0.3, -0.25) is 5.10 Å². The van der Waals surface area contributed by atoms with Crippen LogP contribution in [0.15, 0.2) is 64.2 Å². The molecule has 2 heterocycles. The Morgan fingerprint density at radius 2 is 1.79 bits per heavy atom. The number of rotatable bonds is 5. The lowest BCUT2D eigenvalue weighted by molar-refractivity contribution is 0.556. The normalized spacial score (nSPS) is 11.5. The van der Waals surface area contributed by atoms with Gasteiger partial charge in [0.1, 0.15) is 11.3 Å². The Morgan fingerprint density at radius 1 is 0.958 bits per heavy atom.